The maximum Gasteiger partial charge on any atom is 0.224 e. The Kier molecular flexibility index (Phi) is 5.03. The Morgan fingerprint density at radius 3 is 2.56 bits per heavy atom. The number of anilines is 1. The normalized spacial score (nSPS) is 10.9. The first-order valence-electron chi connectivity index (χ1n) is 8.78. The molecule has 0 aliphatic carbocycles. The largest absolute Gasteiger partial charge is 0.338 e. The van der Waals surface area contributed by atoms with Crippen LogP contribution >= 0.6 is 15.9 Å². The molecule has 0 aliphatic heterocycles. The number of benzene rings is 3. The molecule has 5 heteroatoms. The van der Waals surface area contributed by atoms with E-state index in [1.807, 2.05) is 72.8 Å². The number of halogens is 1. The van der Waals surface area contributed by atoms with Gasteiger partial charge in [-0.3, -0.25) is 4.79 Å². The first-order valence-corrected chi connectivity index (χ1v) is 9.57. The lowest BCUT2D eigenvalue weighted by molar-refractivity contribution is -0.116. The van der Waals surface area contributed by atoms with Gasteiger partial charge < -0.3 is 10.3 Å². The van der Waals surface area contributed by atoms with E-state index in [1.54, 1.807) is 0 Å². The van der Waals surface area contributed by atoms with Crippen LogP contribution in [0.25, 0.3) is 22.4 Å². The summed E-state index contributed by atoms with van der Waals surface area (Å²) in [5, 5.41) is 3.03. The van der Waals surface area contributed by atoms with E-state index in [1.165, 1.54) is 0 Å². The zero-order valence-corrected chi connectivity index (χ0v) is 16.2. The molecule has 4 nitrogen and oxygen atoms in total. The molecule has 1 amide bonds. The minimum Gasteiger partial charge on any atom is -0.338 e. The van der Waals surface area contributed by atoms with E-state index in [2.05, 4.69) is 31.2 Å². The lowest BCUT2D eigenvalue weighted by atomic mass is 10.1. The third-order valence-electron chi connectivity index (χ3n) is 4.42. The molecule has 134 valence electrons. The van der Waals surface area contributed by atoms with Crippen molar-refractivity contribution in [2.24, 2.45) is 0 Å². The van der Waals surface area contributed by atoms with E-state index in [0.29, 0.717) is 12.8 Å². The Labute approximate surface area is 165 Å². The molecule has 0 saturated carbocycles. The van der Waals surface area contributed by atoms with Crippen molar-refractivity contribution in [2.45, 2.75) is 12.8 Å². The van der Waals surface area contributed by atoms with Crippen LogP contribution in [0.2, 0.25) is 0 Å². The monoisotopic (exact) mass is 419 g/mol. The van der Waals surface area contributed by atoms with Crippen LogP contribution in [-0.2, 0) is 11.2 Å². The van der Waals surface area contributed by atoms with Crippen LogP contribution in [0.4, 0.5) is 5.69 Å². The summed E-state index contributed by atoms with van der Waals surface area (Å²) in [4.78, 5) is 20.5. The van der Waals surface area contributed by atoms with E-state index < -0.39 is 0 Å². The van der Waals surface area contributed by atoms with Crippen molar-refractivity contribution >= 4 is 38.6 Å². The summed E-state index contributed by atoms with van der Waals surface area (Å²) in [6.45, 7) is 0. The number of rotatable bonds is 5. The summed E-state index contributed by atoms with van der Waals surface area (Å²) in [6.07, 6.45) is 1.09. The minimum absolute atomic E-state index is 0.0192. The molecule has 27 heavy (non-hydrogen) atoms. The summed E-state index contributed by atoms with van der Waals surface area (Å²) in [6, 6.07) is 23.6. The van der Waals surface area contributed by atoms with Crippen molar-refractivity contribution in [1.82, 2.24) is 9.97 Å². The predicted molar refractivity (Wildman–Crippen MR) is 113 cm³/mol. The first-order chi connectivity index (χ1) is 13.2. The van der Waals surface area contributed by atoms with Crippen molar-refractivity contribution < 1.29 is 4.79 Å². The Morgan fingerprint density at radius 2 is 1.70 bits per heavy atom. The average molecular weight is 420 g/mol. The van der Waals surface area contributed by atoms with Gasteiger partial charge in [-0.15, -0.1) is 0 Å². The predicted octanol–water partition coefficient (Wildman–Crippen LogP) is 5.56. The number of amides is 1. The number of aryl methyl sites for hydroxylation is 1. The molecule has 0 radical (unpaired) electrons. The van der Waals surface area contributed by atoms with Crippen molar-refractivity contribution in [2.75, 3.05) is 5.32 Å². The number of carbonyl (C=O) groups is 1. The van der Waals surface area contributed by atoms with Crippen molar-refractivity contribution in [3.63, 3.8) is 0 Å². The minimum atomic E-state index is -0.0192. The number of fused-ring (bicyclic) bond motifs is 1. The highest BCUT2D eigenvalue weighted by molar-refractivity contribution is 9.10. The third-order valence-corrected chi connectivity index (χ3v) is 5.20. The van der Waals surface area contributed by atoms with Crippen molar-refractivity contribution in [3.05, 3.63) is 82.8 Å². The molecule has 3 aromatic carbocycles. The van der Waals surface area contributed by atoms with E-state index in [9.17, 15) is 4.79 Å². The Balaban J connectivity index is 1.52. The Bertz CT molecular complexity index is 1070. The van der Waals surface area contributed by atoms with Gasteiger partial charge in [0.1, 0.15) is 5.82 Å². The second-order valence-electron chi connectivity index (χ2n) is 6.29. The van der Waals surface area contributed by atoms with Gasteiger partial charge in [0.2, 0.25) is 5.91 Å². The number of aromatic amines is 1. The summed E-state index contributed by atoms with van der Waals surface area (Å²) in [7, 11) is 0. The Hall–Kier alpha value is -2.92. The van der Waals surface area contributed by atoms with Crippen LogP contribution in [0.3, 0.4) is 0 Å². The summed E-state index contributed by atoms with van der Waals surface area (Å²) >= 11 is 3.53. The van der Waals surface area contributed by atoms with Gasteiger partial charge in [-0.1, -0.05) is 58.4 Å². The highest BCUT2D eigenvalue weighted by atomic mass is 79.9. The van der Waals surface area contributed by atoms with Gasteiger partial charge in [-0.05, 0) is 42.3 Å². The first kappa shape index (κ1) is 17.5. The number of imidazole rings is 1. The average Bonchev–Trinajstić information content (AvgIpc) is 3.12. The summed E-state index contributed by atoms with van der Waals surface area (Å²) in [5.41, 5.74) is 4.64. The molecular formula is C22H18BrN3O. The molecule has 0 spiro atoms. The maximum absolute atomic E-state index is 12.5. The van der Waals surface area contributed by atoms with E-state index >= 15 is 0 Å². The van der Waals surface area contributed by atoms with Gasteiger partial charge in [0, 0.05) is 16.5 Å². The molecule has 2 N–H and O–H groups in total. The molecular weight excluding hydrogens is 402 g/mol. The zero-order valence-electron chi connectivity index (χ0n) is 14.6. The van der Waals surface area contributed by atoms with Crippen LogP contribution in [0, 0.1) is 0 Å². The number of hydrogen-bond acceptors (Lipinski definition) is 2. The number of hydrogen-bond donors (Lipinski definition) is 2. The molecule has 0 fully saturated rings. The number of nitrogens with one attached hydrogen (secondary N) is 2. The van der Waals surface area contributed by atoms with Crippen LogP contribution in [0.15, 0.2) is 77.3 Å². The lowest BCUT2D eigenvalue weighted by Crippen LogP contribution is -2.13. The van der Waals surface area contributed by atoms with Crippen LogP contribution in [0.5, 0.6) is 0 Å². The van der Waals surface area contributed by atoms with Crippen molar-refractivity contribution in [1.29, 1.82) is 0 Å². The fourth-order valence-electron chi connectivity index (χ4n) is 3.04. The number of nitrogens with zero attached hydrogens (tertiary/aromatic N) is 1. The molecule has 4 rings (SSSR count). The topological polar surface area (TPSA) is 57.8 Å². The molecule has 0 atom stereocenters. The molecule has 0 aliphatic rings. The van der Waals surface area contributed by atoms with Gasteiger partial charge >= 0.3 is 0 Å². The van der Waals surface area contributed by atoms with Gasteiger partial charge in [-0.25, -0.2) is 4.98 Å². The van der Waals surface area contributed by atoms with Gasteiger partial charge in [0.15, 0.2) is 0 Å². The molecule has 0 bridgehead atoms. The Morgan fingerprint density at radius 1 is 0.963 bits per heavy atom. The number of para-hydroxylation sites is 3. The second-order valence-corrected chi connectivity index (χ2v) is 7.14. The quantitative estimate of drug-likeness (QED) is 0.444. The summed E-state index contributed by atoms with van der Waals surface area (Å²) in [5.74, 6) is 0.729. The SMILES string of the molecule is O=C(CCc1ccccc1Br)Nc1ccccc1-c1nc2ccccc2[nH]1. The fraction of sp³-hybridized carbons (Fsp3) is 0.0909. The molecule has 0 saturated heterocycles. The number of aromatic nitrogens is 2. The molecule has 4 aromatic rings. The van der Waals surface area contributed by atoms with Crippen LogP contribution in [-0.4, -0.2) is 15.9 Å². The van der Waals surface area contributed by atoms with E-state index in [-0.39, 0.29) is 5.91 Å². The smallest absolute Gasteiger partial charge is 0.224 e. The standard InChI is InChI=1S/C22H18BrN3O/c23-17-9-3-1-7-15(17)13-14-21(27)24-18-10-4-2-8-16(18)22-25-19-11-5-6-12-20(19)26-22/h1-12H,13-14H2,(H,24,27)(H,25,26). The number of carbonyl (C=O) groups excluding carboxylic acids is 1. The van der Waals surface area contributed by atoms with Crippen molar-refractivity contribution in [3.8, 4) is 11.4 Å². The highest BCUT2D eigenvalue weighted by Crippen LogP contribution is 2.27. The molecule has 1 aromatic heterocycles. The molecule has 0 unspecified atom stereocenters. The fourth-order valence-corrected chi connectivity index (χ4v) is 3.52. The number of H-pyrrole nitrogens is 1. The van der Waals surface area contributed by atoms with Gasteiger partial charge in [0.25, 0.3) is 0 Å². The lowest BCUT2D eigenvalue weighted by Gasteiger charge is -2.10. The third kappa shape index (κ3) is 3.93. The van der Waals surface area contributed by atoms with Crippen LogP contribution < -0.4 is 5.32 Å². The van der Waals surface area contributed by atoms with E-state index in [0.717, 1.165) is 38.1 Å². The van der Waals surface area contributed by atoms with Gasteiger partial charge in [-0.2, -0.15) is 0 Å². The van der Waals surface area contributed by atoms with E-state index in [4.69, 9.17) is 0 Å². The second kappa shape index (κ2) is 7.76. The van der Waals surface area contributed by atoms with Crippen LogP contribution in [0.1, 0.15) is 12.0 Å². The maximum atomic E-state index is 12.5. The molecule has 1 heterocycles. The van der Waals surface area contributed by atoms with Gasteiger partial charge in [0.05, 0.1) is 16.7 Å². The highest BCUT2D eigenvalue weighted by Gasteiger charge is 2.12. The summed E-state index contributed by atoms with van der Waals surface area (Å²) < 4.78 is 1.03. The zero-order chi connectivity index (χ0) is 18.6.